The summed E-state index contributed by atoms with van der Waals surface area (Å²) in [4.78, 5) is 18.7. The molecule has 0 aliphatic heterocycles. The summed E-state index contributed by atoms with van der Waals surface area (Å²) in [7, 11) is 0. The maximum Gasteiger partial charge on any atom is 0.357 e. The van der Waals surface area contributed by atoms with Crippen LogP contribution in [0, 0.1) is 0 Å². The molecule has 1 aromatic heterocycles. The Bertz CT molecular complexity index is 323. The van der Waals surface area contributed by atoms with Crippen LogP contribution in [0.5, 0.6) is 0 Å². The first kappa shape index (κ1) is 11.1. The second-order valence-corrected chi connectivity index (χ2v) is 3.44. The number of esters is 1. The quantitative estimate of drug-likeness (QED) is 0.614. The predicted octanol–water partition coefficient (Wildman–Crippen LogP) is 1.87. The SMILES string of the molecule is CCOC(=O)c1[nH]c(CC)nc1SC. The normalized spacial score (nSPS) is 10.2. The molecule has 5 heteroatoms. The minimum absolute atomic E-state index is 0.330. The molecule has 0 amide bonds. The lowest BCUT2D eigenvalue weighted by Crippen LogP contribution is -2.06. The summed E-state index contributed by atoms with van der Waals surface area (Å²) in [6.45, 7) is 4.15. The molecule has 0 aliphatic rings. The molecule has 0 radical (unpaired) electrons. The third kappa shape index (κ3) is 2.29. The van der Waals surface area contributed by atoms with Crippen LogP contribution in [0.25, 0.3) is 0 Å². The van der Waals surface area contributed by atoms with Crippen LogP contribution in [0.1, 0.15) is 30.2 Å². The lowest BCUT2D eigenvalue weighted by molar-refractivity contribution is 0.0515. The first-order valence-electron chi connectivity index (χ1n) is 4.52. The van der Waals surface area contributed by atoms with Gasteiger partial charge in [0.05, 0.1) is 6.61 Å². The Morgan fingerprint density at radius 3 is 2.79 bits per heavy atom. The first-order chi connectivity index (χ1) is 6.72. The van der Waals surface area contributed by atoms with Crippen LogP contribution >= 0.6 is 11.8 Å². The summed E-state index contributed by atoms with van der Waals surface area (Å²) in [5.74, 6) is 0.487. The molecule has 1 aromatic rings. The molecule has 0 unspecified atom stereocenters. The van der Waals surface area contributed by atoms with Gasteiger partial charge in [0.2, 0.25) is 0 Å². The number of aromatic nitrogens is 2. The van der Waals surface area contributed by atoms with Crippen molar-refractivity contribution < 1.29 is 9.53 Å². The largest absolute Gasteiger partial charge is 0.461 e. The van der Waals surface area contributed by atoms with Gasteiger partial charge >= 0.3 is 5.97 Å². The van der Waals surface area contributed by atoms with Crippen LogP contribution in [0.3, 0.4) is 0 Å². The topological polar surface area (TPSA) is 55.0 Å². The van der Waals surface area contributed by atoms with Gasteiger partial charge in [0.25, 0.3) is 0 Å². The molecule has 0 saturated carbocycles. The number of ether oxygens (including phenoxy) is 1. The van der Waals surface area contributed by atoms with E-state index in [0.29, 0.717) is 17.3 Å². The van der Waals surface area contributed by atoms with E-state index in [-0.39, 0.29) is 5.97 Å². The fourth-order valence-corrected chi connectivity index (χ4v) is 1.60. The van der Waals surface area contributed by atoms with Gasteiger partial charge in [0, 0.05) is 6.42 Å². The van der Waals surface area contributed by atoms with Gasteiger partial charge in [-0.3, -0.25) is 0 Å². The van der Waals surface area contributed by atoms with E-state index in [1.54, 1.807) is 6.92 Å². The molecule has 1 N–H and O–H groups in total. The molecular weight excluding hydrogens is 200 g/mol. The van der Waals surface area contributed by atoms with Gasteiger partial charge in [-0.15, -0.1) is 11.8 Å². The molecule has 14 heavy (non-hydrogen) atoms. The van der Waals surface area contributed by atoms with Gasteiger partial charge in [-0.1, -0.05) is 6.92 Å². The number of carbonyl (C=O) groups excluding carboxylic acids is 1. The van der Waals surface area contributed by atoms with Crippen molar-refractivity contribution in [1.82, 2.24) is 9.97 Å². The fraction of sp³-hybridized carbons (Fsp3) is 0.556. The van der Waals surface area contributed by atoms with E-state index >= 15 is 0 Å². The summed E-state index contributed by atoms with van der Waals surface area (Å²) in [5.41, 5.74) is 0.469. The summed E-state index contributed by atoms with van der Waals surface area (Å²) in [6, 6.07) is 0. The third-order valence-electron chi connectivity index (χ3n) is 1.73. The molecule has 0 spiro atoms. The number of H-pyrrole nitrogens is 1. The summed E-state index contributed by atoms with van der Waals surface area (Å²) in [6.07, 6.45) is 2.67. The Balaban J connectivity index is 2.93. The number of aryl methyl sites for hydroxylation is 1. The fourth-order valence-electron chi connectivity index (χ4n) is 1.06. The lowest BCUT2D eigenvalue weighted by atomic mass is 10.5. The Labute approximate surface area is 87.4 Å². The number of hydrogen-bond acceptors (Lipinski definition) is 4. The predicted molar refractivity (Wildman–Crippen MR) is 55.7 cm³/mol. The zero-order chi connectivity index (χ0) is 10.6. The number of thioether (sulfide) groups is 1. The van der Waals surface area contributed by atoms with E-state index in [4.69, 9.17) is 4.74 Å². The molecule has 0 atom stereocenters. The minimum atomic E-state index is -0.330. The van der Waals surface area contributed by atoms with E-state index in [0.717, 1.165) is 12.2 Å². The molecule has 0 saturated heterocycles. The van der Waals surface area contributed by atoms with Crippen LogP contribution in [0.4, 0.5) is 0 Å². The van der Waals surface area contributed by atoms with Crippen molar-refractivity contribution in [2.75, 3.05) is 12.9 Å². The van der Waals surface area contributed by atoms with E-state index in [1.807, 2.05) is 13.2 Å². The van der Waals surface area contributed by atoms with Gasteiger partial charge < -0.3 is 9.72 Å². The number of aromatic amines is 1. The van der Waals surface area contributed by atoms with Crippen LogP contribution in [-0.2, 0) is 11.2 Å². The molecule has 1 rings (SSSR count). The smallest absolute Gasteiger partial charge is 0.357 e. The number of imidazole rings is 1. The second kappa shape index (κ2) is 5.05. The molecule has 1 heterocycles. The zero-order valence-electron chi connectivity index (χ0n) is 8.59. The number of carbonyl (C=O) groups is 1. The monoisotopic (exact) mass is 214 g/mol. The molecule has 0 fully saturated rings. The van der Waals surface area contributed by atoms with Crippen molar-refractivity contribution >= 4 is 17.7 Å². The Morgan fingerprint density at radius 2 is 2.29 bits per heavy atom. The number of nitrogens with zero attached hydrogens (tertiary/aromatic N) is 1. The average Bonchev–Trinajstić information content (AvgIpc) is 2.61. The van der Waals surface area contributed by atoms with Crippen LogP contribution in [0.2, 0.25) is 0 Å². The maximum absolute atomic E-state index is 11.4. The molecule has 0 aromatic carbocycles. The summed E-state index contributed by atoms with van der Waals surface area (Å²) < 4.78 is 4.90. The van der Waals surface area contributed by atoms with Gasteiger partial charge in [-0.05, 0) is 13.2 Å². The van der Waals surface area contributed by atoms with Crippen LogP contribution < -0.4 is 0 Å². The highest BCUT2D eigenvalue weighted by molar-refractivity contribution is 7.98. The molecular formula is C9H14N2O2S. The van der Waals surface area contributed by atoms with E-state index < -0.39 is 0 Å². The van der Waals surface area contributed by atoms with Gasteiger partial charge in [0.15, 0.2) is 5.69 Å². The third-order valence-corrected chi connectivity index (χ3v) is 2.41. The Morgan fingerprint density at radius 1 is 1.57 bits per heavy atom. The number of rotatable bonds is 4. The zero-order valence-corrected chi connectivity index (χ0v) is 9.40. The van der Waals surface area contributed by atoms with Gasteiger partial charge in [-0.25, -0.2) is 9.78 Å². The molecule has 78 valence electrons. The average molecular weight is 214 g/mol. The highest BCUT2D eigenvalue weighted by atomic mass is 32.2. The van der Waals surface area contributed by atoms with Crippen molar-refractivity contribution in [3.63, 3.8) is 0 Å². The van der Waals surface area contributed by atoms with E-state index in [1.165, 1.54) is 11.8 Å². The second-order valence-electron chi connectivity index (χ2n) is 2.64. The van der Waals surface area contributed by atoms with Gasteiger partial charge in [-0.2, -0.15) is 0 Å². The minimum Gasteiger partial charge on any atom is -0.461 e. The number of nitrogens with one attached hydrogen (secondary N) is 1. The first-order valence-corrected chi connectivity index (χ1v) is 5.75. The van der Waals surface area contributed by atoms with Crippen molar-refractivity contribution in [2.24, 2.45) is 0 Å². The van der Waals surface area contributed by atoms with E-state index in [9.17, 15) is 4.79 Å². The van der Waals surface area contributed by atoms with Crippen LogP contribution in [-0.4, -0.2) is 28.8 Å². The van der Waals surface area contributed by atoms with E-state index in [2.05, 4.69) is 9.97 Å². The van der Waals surface area contributed by atoms with Crippen molar-refractivity contribution in [3.05, 3.63) is 11.5 Å². The lowest BCUT2D eigenvalue weighted by Gasteiger charge is -1.99. The van der Waals surface area contributed by atoms with Gasteiger partial charge in [0.1, 0.15) is 10.9 Å². The molecule has 0 bridgehead atoms. The van der Waals surface area contributed by atoms with Crippen LogP contribution in [0.15, 0.2) is 5.03 Å². The molecule has 0 aliphatic carbocycles. The summed E-state index contributed by atoms with van der Waals surface area (Å²) >= 11 is 1.44. The Hall–Kier alpha value is -0.970. The standard InChI is InChI=1S/C9H14N2O2S/c1-4-6-10-7(8(11-6)14-3)9(12)13-5-2/h4-5H2,1-3H3,(H,10,11). The highest BCUT2D eigenvalue weighted by Crippen LogP contribution is 2.18. The van der Waals surface area contributed by atoms with Crippen molar-refractivity contribution in [1.29, 1.82) is 0 Å². The molecule has 4 nitrogen and oxygen atoms in total. The maximum atomic E-state index is 11.4. The number of hydrogen-bond donors (Lipinski definition) is 1. The van der Waals surface area contributed by atoms with Crippen molar-refractivity contribution in [2.45, 2.75) is 25.3 Å². The van der Waals surface area contributed by atoms with Crippen molar-refractivity contribution in [3.8, 4) is 0 Å². The Kier molecular flexibility index (Phi) is 4.00. The summed E-state index contributed by atoms with van der Waals surface area (Å²) in [5, 5.41) is 0.709. The highest BCUT2D eigenvalue weighted by Gasteiger charge is 2.16.